The molecule has 1 aromatic rings. The minimum Gasteiger partial charge on any atom is -0.229 e. The Morgan fingerprint density at radius 3 is 2.33 bits per heavy atom. The first-order valence-corrected chi connectivity index (χ1v) is 7.77. The van der Waals surface area contributed by atoms with Crippen LogP contribution in [0.1, 0.15) is 18.2 Å². The number of sulfone groups is 1. The van der Waals surface area contributed by atoms with Gasteiger partial charge in [0.15, 0.2) is 9.84 Å². The molecule has 0 saturated carbocycles. The standard InChI is InChI=1S/C8H8Br2N2O2S/c9-6-3-7(10)12-8(11-6)5-1-2-15(13,14)4-5/h3,5H,1-2,4H2. The highest BCUT2D eigenvalue weighted by Crippen LogP contribution is 2.28. The molecular weight excluding hydrogens is 348 g/mol. The van der Waals surface area contributed by atoms with Crippen molar-refractivity contribution in [1.82, 2.24) is 9.97 Å². The largest absolute Gasteiger partial charge is 0.229 e. The van der Waals surface area contributed by atoms with Crippen LogP contribution in [-0.4, -0.2) is 29.9 Å². The summed E-state index contributed by atoms with van der Waals surface area (Å²) in [5, 5.41) is 0. The van der Waals surface area contributed by atoms with E-state index in [0.29, 0.717) is 21.5 Å². The Morgan fingerprint density at radius 2 is 1.87 bits per heavy atom. The number of hydrogen-bond donors (Lipinski definition) is 0. The maximum atomic E-state index is 11.3. The van der Waals surface area contributed by atoms with Gasteiger partial charge >= 0.3 is 0 Å². The van der Waals surface area contributed by atoms with Crippen LogP contribution in [0.2, 0.25) is 0 Å². The molecule has 1 saturated heterocycles. The van der Waals surface area contributed by atoms with E-state index < -0.39 is 9.84 Å². The molecular formula is C8H8Br2N2O2S. The van der Waals surface area contributed by atoms with E-state index in [2.05, 4.69) is 41.8 Å². The van der Waals surface area contributed by atoms with Crippen molar-refractivity contribution in [3.05, 3.63) is 21.1 Å². The number of halogens is 2. The van der Waals surface area contributed by atoms with Crippen molar-refractivity contribution >= 4 is 41.7 Å². The van der Waals surface area contributed by atoms with Gasteiger partial charge in [-0.3, -0.25) is 0 Å². The highest BCUT2D eigenvalue weighted by Gasteiger charge is 2.31. The van der Waals surface area contributed by atoms with Crippen LogP contribution in [0.4, 0.5) is 0 Å². The summed E-state index contributed by atoms with van der Waals surface area (Å²) in [6.45, 7) is 0. The molecule has 4 nitrogen and oxygen atoms in total. The summed E-state index contributed by atoms with van der Waals surface area (Å²) in [5.74, 6) is 0.933. The van der Waals surface area contributed by atoms with Gasteiger partial charge in [-0.2, -0.15) is 0 Å². The first kappa shape index (κ1) is 11.5. The Kier molecular flexibility index (Phi) is 3.14. The molecule has 0 amide bonds. The van der Waals surface area contributed by atoms with E-state index in [1.54, 1.807) is 6.07 Å². The van der Waals surface area contributed by atoms with Gasteiger partial charge in [0.05, 0.1) is 11.5 Å². The minimum atomic E-state index is -2.88. The molecule has 0 bridgehead atoms. The normalized spacial score (nSPS) is 24.3. The molecule has 82 valence electrons. The van der Waals surface area contributed by atoms with Crippen molar-refractivity contribution in [2.45, 2.75) is 12.3 Å². The van der Waals surface area contributed by atoms with Crippen LogP contribution < -0.4 is 0 Å². The predicted molar refractivity (Wildman–Crippen MR) is 63.4 cm³/mol. The van der Waals surface area contributed by atoms with Gasteiger partial charge < -0.3 is 0 Å². The number of rotatable bonds is 1. The fourth-order valence-corrected chi connectivity index (χ4v) is 4.43. The quantitative estimate of drug-likeness (QED) is 0.722. The number of hydrogen-bond acceptors (Lipinski definition) is 4. The summed E-state index contributed by atoms with van der Waals surface area (Å²) >= 11 is 6.52. The van der Waals surface area contributed by atoms with Crippen molar-refractivity contribution in [2.24, 2.45) is 0 Å². The zero-order valence-electron chi connectivity index (χ0n) is 7.65. The van der Waals surface area contributed by atoms with Gasteiger partial charge in [-0.15, -0.1) is 0 Å². The smallest absolute Gasteiger partial charge is 0.151 e. The Labute approximate surface area is 105 Å². The van der Waals surface area contributed by atoms with E-state index >= 15 is 0 Å². The molecule has 0 aliphatic carbocycles. The third-order valence-electron chi connectivity index (χ3n) is 2.28. The summed E-state index contributed by atoms with van der Waals surface area (Å²) in [6.07, 6.45) is 0.616. The molecule has 1 aromatic heterocycles. The van der Waals surface area contributed by atoms with Gasteiger partial charge in [0.25, 0.3) is 0 Å². The second-order valence-electron chi connectivity index (χ2n) is 3.47. The van der Waals surface area contributed by atoms with Crippen molar-refractivity contribution in [3.63, 3.8) is 0 Å². The third kappa shape index (κ3) is 2.76. The van der Waals surface area contributed by atoms with E-state index in [-0.39, 0.29) is 17.4 Å². The van der Waals surface area contributed by atoms with Crippen molar-refractivity contribution in [1.29, 1.82) is 0 Å². The molecule has 2 heterocycles. The Morgan fingerprint density at radius 1 is 1.27 bits per heavy atom. The second kappa shape index (κ2) is 4.10. The lowest BCUT2D eigenvalue weighted by molar-refractivity contribution is 0.601. The topological polar surface area (TPSA) is 59.9 Å². The lowest BCUT2D eigenvalue weighted by atomic mass is 10.1. The maximum Gasteiger partial charge on any atom is 0.151 e. The maximum absolute atomic E-state index is 11.3. The predicted octanol–water partition coefficient (Wildman–Crippen LogP) is 1.90. The van der Waals surface area contributed by atoms with Gasteiger partial charge in [0.1, 0.15) is 15.0 Å². The van der Waals surface area contributed by atoms with E-state index in [0.717, 1.165) is 0 Å². The molecule has 7 heteroatoms. The second-order valence-corrected chi connectivity index (χ2v) is 7.33. The Bertz CT molecular complexity index is 469. The van der Waals surface area contributed by atoms with Crippen molar-refractivity contribution < 1.29 is 8.42 Å². The molecule has 1 aliphatic heterocycles. The summed E-state index contributed by atoms with van der Waals surface area (Å²) in [5.41, 5.74) is 0. The van der Waals surface area contributed by atoms with Crippen molar-refractivity contribution in [3.8, 4) is 0 Å². The first-order chi connectivity index (χ1) is 6.96. The number of nitrogens with zero attached hydrogens (tertiary/aromatic N) is 2. The highest BCUT2D eigenvalue weighted by molar-refractivity contribution is 9.11. The fourth-order valence-electron chi connectivity index (χ4n) is 1.59. The first-order valence-electron chi connectivity index (χ1n) is 4.37. The van der Waals surface area contributed by atoms with Crippen LogP contribution in [0.15, 0.2) is 15.3 Å². The highest BCUT2D eigenvalue weighted by atomic mass is 79.9. The molecule has 0 spiro atoms. The number of aromatic nitrogens is 2. The van der Waals surface area contributed by atoms with Crippen molar-refractivity contribution in [2.75, 3.05) is 11.5 Å². The molecule has 1 unspecified atom stereocenters. The average Bonchev–Trinajstić information content (AvgIpc) is 2.44. The fraction of sp³-hybridized carbons (Fsp3) is 0.500. The Balaban J connectivity index is 2.31. The van der Waals surface area contributed by atoms with Gasteiger partial charge in [0.2, 0.25) is 0 Å². The Hall–Kier alpha value is -0.0100. The third-order valence-corrected chi connectivity index (χ3v) is 4.86. The van der Waals surface area contributed by atoms with Gasteiger partial charge in [-0.1, -0.05) is 0 Å². The SMILES string of the molecule is O=S1(=O)CCC(c2nc(Br)cc(Br)n2)C1. The van der Waals surface area contributed by atoms with Gasteiger partial charge in [-0.05, 0) is 38.3 Å². The lowest BCUT2D eigenvalue weighted by Gasteiger charge is -2.06. The molecule has 1 atom stereocenters. The van der Waals surface area contributed by atoms with Crippen LogP contribution >= 0.6 is 31.9 Å². The zero-order chi connectivity index (χ0) is 11.1. The summed E-state index contributed by atoms with van der Waals surface area (Å²) in [6, 6.07) is 1.73. The molecule has 2 rings (SSSR count). The molecule has 0 N–H and O–H groups in total. The van der Waals surface area contributed by atoms with Crippen LogP contribution in [0, 0.1) is 0 Å². The van der Waals surface area contributed by atoms with Crippen LogP contribution in [-0.2, 0) is 9.84 Å². The summed E-state index contributed by atoms with van der Waals surface area (Å²) < 4.78 is 24.0. The molecule has 0 radical (unpaired) electrons. The monoisotopic (exact) mass is 354 g/mol. The zero-order valence-corrected chi connectivity index (χ0v) is 11.6. The van der Waals surface area contributed by atoms with E-state index in [1.807, 2.05) is 0 Å². The minimum absolute atomic E-state index is 0.0659. The average molecular weight is 356 g/mol. The van der Waals surface area contributed by atoms with Gasteiger partial charge in [-0.25, -0.2) is 18.4 Å². The van der Waals surface area contributed by atoms with E-state index in [4.69, 9.17) is 0 Å². The van der Waals surface area contributed by atoms with E-state index in [9.17, 15) is 8.42 Å². The lowest BCUT2D eigenvalue weighted by Crippen LogP contribution is -2.07. The summed E-state index contributed by atoms with van der Waals surface area (Å²) in [7, 11) is -2.88. The van der Waals surface area contributed by atoms with Crippen LogP contribution in [0.25, 0.3) is 0 Å². The molecule has 1 aliphatic rings. The van der Waals surface area contributed by atoms with Gasteiger partial charge in [0, 0.05) is 12.0 Å². The summed E-state index contributed by atoms with van der Waals surface area (Å²) in [4.78, 5) is 8.39. The molecule has 1 fully saturated rings. The van der Waals surface area contributed by atoms with Crippen LogP contribution in [0.5, 0.6) is 0 Å². The molecule has 15 heavy (non-hydrogen) atoms. The van der Waals surface area contributed by atoms with E-state index in [1.165, 1.54) is 0 Å². The van der Waals surface area contributed by atoms with Crippen LogP contribution in [0.3, 0.4) is 0 Å². The molecule has 0 aromatic carbocycles.